The van der Waals surface area contributed by atoms with Crippen LogP contribution in [0.15, 0.2) is 48.5 Å². The molecule has 1 unspecified atom stereocenters. The summed E-state index contributed by atoms with van der Waals surface area (Å²) >= 11 is 0. The molecule has 8 nitrogen and oxygen atoms in total. The lowest BCUT2D eigenvalue weighted by molar-refractivity contribution is -0.152. The molecule has 0 saturated carbocycles. The predicted molar refractivity (Wildman–Crippen MR) is 103 cm³/mol. The smallest absolute Gasteiger partial charge is 0.326 e. The van der Waals surface area contributed by atoms with E-state index in [0.717, 1.165) is 5.56 Å². The van der Waals surface area contributed by atoms with Crippen LogP contribution < -0.4 is 16.4 Å². The van der Waals surface area contributed by atoms with E-state index in [2.05, 4.69) is 10.6 Å². The van der Waals surface area contributed by atoms with Crippen molar-refractivity contribution >= 4 is 29.4 Å². The van der Waals surface area contributed by atoms with Gasteiger partial charge in [-0.15, -0.1) is 0 Å². The quantitative estimate of drug-likeness (QED) is 0.623. The van der Waals surface area contributed by atoms with Crippen LogP contribution in [-0.4, -0.2) is 36.3 Å². The molecule has 2 aromatic rings. The maximum Gasteiger partial charge on any atom is 0.326 e. The summed E-state index contributed by atoms with van der Waals surface area (Å²) in [6.45, 7) is 2.95. The van der Waals surface area contributed by atoms with E-state index in [1.807, 2.05) is 6.92 Å². The number of ether oxygens (including phenoxy) is 1. The zero-order valence-electron chi connectivity index (χ0n) is 15.5. The van der Waals surface area contributed by atoms with E-state index < -0.39 is 29.8 Å². The van der Waals surface area contributed by atoms with Gasteiger partial charge in [0.05, 0.1) is 0 Å². The molecule has 2 aromatic carbocycles. The SMILES string of the molecule is Cc1ccc(C(=O)NCC(=O)OC(C)C(=O)Nc2ccc(C(N)=O)cc2)cc1. The maximum atomic E-state index is 12.1. The average Bonchev–Trinajstić information content (AvgIpc) is 2.67. The Morgan fingerprint density at radius 3 is 2.11 bits per heavy atom. The van der Waals surface area contributed by atoms with Crippen molar-refractivity contribution in [3.63, 3.8) is 0 Å². The van der Waals surface area contributed by atoms with Gasteiger partial charge in [-0.25, -0.2) is 0 Å². The van der Waals surface area contributed by atoms with Crippen molar-refractivity contribution in [3.05, 3.63) is 65.2 Å². The summed E-state index contributed by atoms with van der Waals surface area (Å²) in [6, 6.07) is 12.8. The van der Waals surface area contributed by atoms with E-state index in [1.54, 1.807) is 24.3 Å². The summed E-state index contributed by atoms with van der Waals surface area (Å²) in [6.07, 6.45) is -1.07. The largest absolute Gasteiger partial charge is 0.451 e. The van der Waals surface area contributed by atoms with Crippen molar-refractivity contribution in [2.24, 2.45) is 5.73 Å². The van der Waals surface area contributed by atoms with Crippen LogP contribution in [0.1, 0.15) is 33.2 Å². The van der Waals surface area contributed by atoms with Crippen molar-refractivity contribution in [1.82, 2.24) is 5.32 Å². The van der Waals surface area contributed by atoms with Crippen LogP contribution in [0.4, 0.5) is 5.69 Å². The van der Waals surface area contributed by atoms with E-state index in [-0.39, 0.29) is 6.54 Å². The highest BCUT2D eigenvalue weighted by atomic mass is 16.5. The molecular formula is C20H21N3O5. The van der Waals surface area contributed by atoms with Gasteiger partial charge in [0.25, 0.3) is 11.8 Å². The molecule has 1 atom stereocenters. The van der Waals surface area contributed by atoms with E-state index in [0.29, 0.717) is 16.8 Å². The number of esters is 1. The number of carbonyl (C=O) groups excluding carboxylic acids is 4. The Morgan fingerprint density at radius 2 is 1.54 bits per heavy atom. The second-order valence-corrected chi connectivity index (χ2v) is 6.11. The molecule has 0 bridgehead atoms. The van der Waals surface area contributed by atoms with Crippen molar-refractivity contribution in [3.8, 4) is 0 Å². The number of nitrogens with two attached hydrogens (primary N) is 1. The molecule has 0 spiro atoms. The monoisotopic (exact) mass is 383 g/mol. The Morgan fingerprint density at radius 1 is 0.964 bits per heavy atom. The number of rotatable bonds is 7. The third kappa shape index (κ3) is 5.94. The lowest BCUT2D eigenvalue weighted by atomic mass is 10.1. The normalized spacial score (nSPS) is 11.2. The third-order valence-electron chi connectivity index (χ3n) is 3.82. The second-order valence-electron chi connectivity index (χ2n) is 6.11. The second kappa shape index (κ2) is 9.31. The number of nitrogens with one attached hydrogen (secondary N) is 2. The lowest BCUT2D eigenvalue weighted by Crippen LogP contribution is -2.35. The predicted octanol–water partition coefficient (Wildman–Crippen LogP) is 1.39. The highest BCUT2D eigenvalue weighted by molar-refractivity contribution is 5.98. The number of benzene rings is 2. The number of hydrogen-bond acceptors (Lipinski definition) is 5. The molecule has 0 heterocycles. The molecule has 0 aromatic heterocycles. The van der Waals surface area contributed by atoms with Crippen LogP contribution in [0.5, 0.6) is 0 Å². The van der Waals surface area contributed by atoms with E-state index in [4.69, 9.17) is 10.5 Å². The molecule has 4 N–H and O–H groups in total. The Bertz CT molecular complexity index is 876. The molecule has 0 saturated heterocycles. The highest BCUT2D eigenvalue weighted by Gasteiger charge is 2.18. The number of hydrogen-bond donors (Lipinski definition) is 3. The highest BCUT2D eigenvalue weighted by Crippen LogP contribution is 2.10. The summed E-state index contributed by atoms with van der Waals surface area (Å²) in [5.41, 5.74) is 7.31. The van der Waals surface area contributed by atoms with Gasteiger partial charge in [-0.1, -0.05) is 17.7 Å². The van der Waals surface area contributed by atoms with Crippen molar-refractivity contribution < 1.29 is 23.9 Å². The molecule has 2 rings (SSSR count). The molecule has 0 radical (unpaired) electrons. The van der Waals surface area contributed by atoms with Gasteiger partial charge in [0.15, 0.2) is 6.10 Å². The van der Waals surface area contributed by atoms with Gasteiger partial charge < -0.3 is 21.1 Å². The maximum absolute atomic E-state index is 12.1. The third-order valence-corrected chi connectivity index (χ3v) is 3.82. The first-order valence-electron chi connectivity index (χ1n) is 8.51. The molecule has 28 heavy (non-hydrogen) atoms. The molecular weight excluding hydrogens is 362 g/mol. The Balaban J connectivity index is 1.80. The number of primary amides is 1. The number of aryl methyl sites for hydroxylation is 1. The molecule has 0 aliphatic rings. The van der Waals surface area contributed by atoms with Crippen molar-refractivity contribution in [1.29, 1.82) is 0 Å². The fourth-order valence-electron chi connectivity index (χ4n) is 2.21. The minimum absolute atomic E-state index is 0.307. The van der Waals surface area contributed by atoms with Crippen LogP contribution >= 0.6 is 0 Å². The fraction of sp³-hybridized carbons (Fsp3) is 0.200. The van der Waals surface area contributed by atoms with Gasteiger partial charge in [0.1, 0.15) is 6.54 Å². The standard InChI is InChI=1S/C20H21N3O5/c1-12-3-5-15(6-4-12)20(27)22-11-17(24)28-13(2)19(26)23-16-9-7-14(8-10-16)18(21)25/h3-10,13H,11H2,1-2H3,(H2,21,25)(H,22,27)(H,23,26). The van der Waals surface area contributed by atoms with Crippen molar-refractivity contribution in [2.45, 2.75) is 20.0 Å². The number of carbonyl (C=O) groups is 4. The Labute approximate surface area is 162 Å². The zero-order chi connectivity index (χ0) is 20.7. The first kappa shape index (κ1) is 20.6. The van der Waals surface area contributed by atoms with Gasteiger partial charge in [-0.05, 0) is 50.2 Å². The summed E-state index contributed by atoms with van der Waals surface area (Å²) in [5.74, 6) is -2.28. The van der Waals surface area contributed by atoms with Crippen LogP contribution in [0.3, 0.4) is 0 Å². The van der Waals surface area contributed by atoms with Crippen molar-refractivity contribution in [2.75, 3.05) is 11.9 Å². The van der Waals surface area contributed by atoms with Crippen LogP contribution in [0.25, 0.3) is 0 Å². The number of amides is 3. The molecule has 0 fully saturated rings. The average molecular weight is 383 g/mol. The summed E-state index contributed by atoms with van der Waals surface area (Å²) in [4.78, 5) is 46.9. The van der Waals surface area contributed by atoms with Gasteiger partial charge in [0.2, 0.25) is 5.91 Å². The van der Waals surface area contributed by atoms with Crippen LogP contribution in [-0.2, 0) is 14.3 Å². The topological polar surface area (TPSA) is 128 Å². The molecule has 146 valence electrons. The Kier molecular flexibility index (Phi) is 6.86. The lowest BCUT2D eigenvalue weighted by Gasteiger charge is -2.14. The summed E-state index contributed by atoms with van der Waals surface area (Å²) in [7, 11) is 0. The minimum Gasteiger partial charge on any atom is -0.451 e. The van der Waals surface area contributed by atoms with Gasteiger partial charge in [-0.3, -0.25) is 19.2 Å². The molecule has 0 aliphatic carbocycles. The fourth-order valence-corrected chi connectivity index (χ4v) is 2.21. The first-order valence-corrected chi connectivity index (χ1v) is 8.51. The number of anilines is 1. The van der Waals surface area contributed by atoms with E-state index in [1.165, 1.54) is 31.2 Å². The zero-order valence-corrected chi connectivity index (χ0v) is 15.5. The first-order chi connectivity index (χ1) is 13.3. The molecule has 0 aliphatic heterocycles. The van der Waals surface area contributed by atoms with Gasteiger partial charge in [0, 0.05) is 16.8 Å². The van der Waals surface area contributed by atoms with Crippen LogP contribution in [0.2, 0.25) is 0 Å². The van der Waals surface area contributed by atoms with Crippen LogP contribution in [0, 0.1) is 6.92 Å². The van der Waals surface area contributed by atoms with Gasteiger partial charge >= 0.3 is 5.97 Å². The van der Waals surface area contributed by atoms with E-state index in [9.17, 15) is 19.2 Å². The molecule has 3 amide bonds. The Hall–Kier alpha value is -3.68. The minimum atomic E-state index is -1.07. The van der Waals surface area contributed by atoms with Gasteiger partial charge in [-0.2, -0.15) is 0 Å². The summed E-state index contributed by atoms with van der Waals surface area (Å²) < 4.78 is 5.01. The van der Waals surface area contributed by atoms with E-state index >= 15 is 0 Å². The molecule has 8 heteroatoms. The summed E-state index contributed by atoms with van der Waals surface area (Å²) in [5, 5.41) is 4.99.